The van der Waals surface area contributed by atoms with E-state index in [1.54, 1.807) is 18.3 Å². The maximum absolute atomic E-state index is 12.4. The average Bonchev–Trinajstić information content (AvgIpc) is 2.88. The SMILES string of the molecule is COc1ccc(-n2c(=S)[nH]c3ccsc3c2=O)cn1. The number of nitrogens with one attached hydrogen (secondary N) is 1. The van der Waals surface area contributed by atoms with Gasteiger partial charge in [-0.3, -0.25) is 9.36 Å². The molecule has 0 radical (unpaired) electrons. The van der Waals surface area contributed by atoms with E-state index >= 15 is 0 Å². The number of thiophene rings is 1. The van der Waals surface area contributed by atoms with Crippen molar-refractivity contribution >= 4 is 33.8 Å². The van der Waals surface area contributed by atoms with E-state index in [0.29, 0.717) is 21.0 Å². The number of pyridine rings is 1. The summed E-state index contributed by atoms with van der Waals surface area (Å²) in [7, 11) is 1.54. The van der Waals surface area contributed by atoms with Gasteiger partial charge in [0.2, 0.25) is 5.88 Å². The summed E-state index contributed by atoms with van der Waals surface area (Å²) < 4.78 is 7.42. The molecule has 0 aliphatic heterocycles. The molecule has 7 heteroatoms. The van der Waals surface area contributed by atoms with E-state index < -0.39 is 0 Å². The van der Waals surface area contributed by atoms with Crippen molar-refractivity contribution in [3.05, 3.63) is 44.9 Å². The van der Waals surface area contributed by atoms with E-state index in [1.807, 2.05) is 11.4 Å². The number of nitrogens with zero attached hydrogens (tertiary/aromatic N) is 2. The van der Waals surface area contributed by atoms with Gasteiger partial charge in [0, 0.05) is 6.07 Å². The molecule has 3 rings (SSSR count). The fourth-order valence-electron chi connectivity index (χ4n) is 1.80. The molecule has 0 fully saturated rings. The molecule has 5 nitrogen and oxygen atoms in total. The Balaban J connectivity index is 2.29. The van der Waals surface area contributed by atoms with E-state index in [0.717, 1.165) is 5.52 Å². The molecule has 0 bridgehead atoms. The Morgan fingerprint density at radius 2 is 2.26 bits per heavy atom. The van der Waals surface area contributed by atoms with Crippen LogP contribution in [0.25, 0.3) is 15.9 Å². The summed E-state index contributed by atoms with van der Waals surface area (Å²) in [4.78, 5) is 19.5. The first-order chi connectivity index (χ1) is 9.20. The minimum Gasteiger partial charge on any atom is -0.481 e. The number of rotatable bonds is 2. The normalized spacial score (nSPS) is 10.8. The molecule has 1 N–H and O–H groups in total. The van der Waals surface area contributed by atoms with Gasteiger partial charge >= 0.3 is 0 Å². The van der Waals surface area contributed by atoms with Gasteiger partial charge in [-0.25, -0.2) is 4.98 Å². The van der Waals surface area contributed by atoms with E-state index in [2.05, 4.69) is 9.97 Å². The Labute approximate surface area is 117 Å². The third-order valence-corrected chi connectivity index (χ3v) is 3.88. The van der Waals surface area contributed by atoms with Crippen molar-refractivity contribution in [3.63, 3.8) is 0 Å². The number of hydrogen-bond acceptors (Lipinski definition) is 5. The van der Waals surface area contributed by atoms with Gasteiger partial charge in [-0.15, -0.1) is 11.3 Å². The standard InChI is InChI=1S/C12H9N3O2S2/c1-17-9-3-2-7(6-13-9)15-11(16)10-8(4-5-19-10)14-12(15)18/h2-6H,1H3,(H,14,18). The van der Waals surface area contributed by atoms with E-state index in [1.165, 1.54) is 23.0 Å². The van der Waals surface area contributed by atoms with Crippen LogP contribution in [0.15, 0.2) is 34.6 Å². The number of aromatic amines is 1. The third-order valence-electron chi connectivity index (χ3n) is 2.70. The van der Waals surface area contributed by atoms with Gasteiger partial charge in [-0.2, -0.15) is 0 Å². The molecular weight excluding hydrogens is 282 g/mol. The first-order valence-electron chi connectivity index (χ1n) is 5.43. The maximum Gasteiger partial charge on any atom is 0.276 e. The van der Waals surface area contributed by atoms with Crippen LogP contribution >= 0.6 is 23.6 Å². The van der Waals surface area contributed by atoms with Crippen LogP contribution in [-0.2, 0) is 0 Å². The zero-order valence-electron chi connectivity index (χ0n) is 9.91. The molecule has 0 aliphatic rings. The molecule has 19 heavy (non-hydrogen) atoms. The minimum atomic E-state index is -0.138. The van der Waals surface area contributed by atoms with Gasteiger partial charge in [-0.1, -0.05) is 0 Å². The van der Waals surface area contributed by atoms with Crippen molar-refractivity contribution in [2.45, 2.75) is 0 Å². The highest BCUT2D eigenvalue weighted by Gasteiger charge is 2.08. The smallest absolute Gasteiger partial charge is 0.276 e. The Morgan fingerprint density at radius 1 is 1.42 bits per heavy atom. The minimum absolute atomic E-state index is 0.138. The van der Waals surface area contributed by atoms with Crippen LogP contribution in [0.1, 0.15) is 0 Å². The molecule has 0 saturated carbocycles. The molecule has 0 saturated heterocycles. The number of hydrogen-bond donors (Lipinski definition) is 1. The predicted molar refractivity (Wildman–Crippen MR) is 77.0 cm³/mol. The van der Waals surface area contributed by atoms with E-state index in [4.69, 9.17) is 17.0 Å². The van der Waals surface area contributed by atoms with Crippen molar-refractivity contribution in [2.75, 3.05) is 7.11 Å². The van der Waals surface area contributed by atoms with Gasteiger partial charge < -0.3 is 9.72 Å². The van der Waals surface area contributed by atoms with Gasteiger partial charge in [0.15, 0.2) is 4.77 Å². The number of ether oxygens (including phenoxy) is 1. The summed E-state index contributed by atoms with van der Waals surface area (Å²) in [6.07, 6.45) is 1.56. The van der Waals surface area contributed by atoms with Crippen LogP contribution in [0.5, 0.6) is 5.88 Å². The lowest BCUT2D eigenvalue weighted by Crippen LogP contribution is -2.19. The molecule has 0 aromatic carbocycles. The Hall–Kier alpha value is -1.99. The summed E-state index contributed by atoms with van der Waals surface area (Å²) in [6, 6.07) is 5.28. The summed E-state index contributed by atoms with van der Waals surface area (Å²) in [5.41, 5.74) is 1.24. The lowest BCUT2D eigenvalue weighted by molar-refractivity contribution is 0.398. The molecule has 0 aliphatic carbocycles. The number of aromatic nitrogens is 3. The molecule has 0 unspecified atom stereocenters. The molecular formula is C12H9N3O2S2. The Morgan fingerprint density at radius 3 is 2.95 bits per heavy atom. The number of methoxy groups -OCH3 is 1. The lowest BCUT2D eigenvalue weighted by atomic mass is 10.4. The molecule has 3 aromatic heterocycles. The monoisotopic (exact) mass is 291 g/mol. The van der Waals surface area contributed by atoms with Crippen molar-refractivity contribution in [2.24, 2.45) is 0 Å². The molecule has 3 heterocycles. The largest absolute Gasteiger partial charge is 0.481 e. The zero-order valence-corrected chi connectivity index (χ0v) is 11.5. The van der Waals surface area contributed by atoms with E-state index in [9.17, 15) is 4.79 Å². The van der Waals surface area contributed by atoms with Crippen LogP contribution in [0, 0.1) is 4.77 Å². The van der Waals surface area contributed by atoms with Crippen LogP contribution in [0.4, 0.5) is 0 Å². The van der Waals surface area contributed by atoms with Crippen LogP contribution < -0.4 is 10.3 Å². The summed E-state index contributed by atoms with van der Waals surface area (Å²) >= 11 is 6.61. The average molecular weight is 291 g/mol. The molecule has 3 aromatic rings. The van der Waals surface area contributed by atoms with Crippen molar-refractivity contribution in [3.8, 4) is 11.6 Å². The van der Waals surface area contributed by atoms with Crippen molar-refractivity contribution < 1.29 is 4.74 Å². The fourth-order valence-corrected chi connectivity index (χ4v) is 2.87. The third kappa shape index (κ3) is 1.96. The van der Waals surface area contributed by atoms with Crippen LogP contribution in [0.3, 0.4) is 0 Å². The van der Waals surface area contributed by atoms with Crippen molar-refractivity contribution in [1.29, 1.82) is 0 Å². The fraction of sp³-hybridized carbons (Fsp3) is 0.0833. The van der Waals surface area contributed by atoms with Gasteiger partial charge in [-0.05, 0) is 29.7 Å². The number of H-pyrrole nitrogens is 1. The molecule has 96 valence electrons. The quantitative estimate of drug-likeness (QED) is 0.737. The highest BCUT2D eigenvalue weighted by atomic mass is 32.1. The van der Waals surface area contributed by atoms with Gasteiger partial charge in [0.1, 0.15) is 4.70 Å². The summed E-state index contributed by atoms with van der Waals surface area (Å²) in [5, 5.41) is 1.86. The van der Waals surface area contributed by atoms with E-state index in [-0.39, 0.29) is 5.56 Å². The van der Waals surface area contributed by atoms with Crippen molar-refractivity contribution in [1.82, 2.24) is 14.5 Å². The maximum atomic E-state index is 12.4. The Kier molecular flexibility index (Phi) is 2.92. The zero-order chi connectivity index (χ0) is 13.4. The molecule has 0 atom stereocenters. The summed E-state index contributed by atoms with van der Waals surface area (Å²) in [6.45, 7) is 0. The number of fused-ring (bicyclic) bond motifs is 1. The lowest BCUT2D eigenvalue weighted by Gasteiger charge is -2.06. The van der Waals surface area contributed by atoms with Crippen LogP contribution in [-0.4, -0.2) is 21.6 Å². The second kappa shape index (κ2) is 4.60. The molecule has 0 spiro atoms. The van der Waals surface area contributed by atoms with Gasteiger partial charge in [0.25, 0.3) is 5.56 Å². The highest BCUT2D eigenvalue weighted by molar-refractivity contribution is 7.71. The highest BCUT2D eigenvalue weighted by Crippen LogP contribution is 2.16. The second-order valence-electron chi connectivity index (χ2n) is 3.79. The van der Waals surface area contributed by atoms with Gasteiger partial charge in [0.05, 0.1) is 24.5 Å². The molecule has 0 amide bonds. The van der Waals surface area contributed by atoms with Crippen LogP contribution in [0.2, 0.25) is 0 Å². The second-order valence-corrected chi connectivity index (χ2v) is 5.10. The predicted octanol–water partition coefficient (Wildman–Crippen LogP) is 2.51. The first-order valence-corrected chi connectivity index (χ1v) is 6.72. The topological polar surface area (TPSA) is 59.9 Å². The summed E-state index contributed by atoms with van der Waals surface area (Å²) in [5.74, 6) is 0.490. The Bertz CT molecular complexity index is 846. The first kappa shape index (κ1) is 12.1.